The lowest BCUT2D eigenvalue weighted by molar-refractivity contribution is -0.137. The number of rotatable bonds is 4. The summed E-state index contributed by atoms with van der Waals surface area (Å²) in [4.78, 5) is 0. The van der Waals surface area contributed by atoms with Crippen molar-refractivity contribution >= 4 is 0 Å². The zero-order valence-electron chi connectivity index (χ0n) is 9.96. The number of halogens is 3. The van der Waals surface area contributed by atoms with Gasteiger partial charge in [-0.05, 0) is 30.4 Å². The van der Waals surface area contributed by atoms with E-state index in [4.69, 9.17) is 0 Å². The zero-order chi connectivity index (χ0) is 13.1. The van der Waals surface area contributed by atoms with Gasteiger partial charge >= 0.3 is 6.18 Å². The average Bonchev–Trinajstić information content (AvgIpc) is 2.25. The fourth-order valence-corrected chi connectivity index (χ4v) is 1.55. The van der Waals surface area contributed by atoms with Gasteiger partial charge in [0.15, 0.2) is 0 Å². The third-order valence-corrected chi connectivity index (χ3v) is 2.75. The molecule has 0 amide bonds. The minimum absolute atomic E-state index is 0.126. The maximum absolute atomic E-state index is 12.4. The molecule has 0 aliphatic heterocycles. The van der Waals surface area contributed by atoms with E-state index in [2.05, 4.69) is 0 Å². The lowest BCUT2D eigenvalue weighted by Gasteiger charge is -2.14. The van der Waals surface area contributed by atoms with Crippen LogP contribution < -0.4 is 0 Å². The van der Waals surface area contributed by atoms with Crippen molar-refractivity contribution in [3.8, 4) is 0 Å². The molecule has 0 radical (unpaired) electrons. The molecule has 1 N–H and O–H groups in total. The molecule has 0 bridgehead atoms. The molecule has 1 unspecified atom stereocenters. The van der Waals surface area contributed by atoms with Crippen LogP contribution in [0.1, 0.15) is 31.4 Å². The summed E-state index contributed by atoms with van der Waals surface area (Å²) in [5.74, 6) is 0.126. The Bertz CT molecular complexity index is 358. The molecule has 4 heteroatoms. The van der Waals surface area contributed by atoms with E-state index in [-0.39, 0.29) is 5.92 Å². The molecule has 0 saturated carbocycles. The Balaban J connectivity index is 2.67. The Morgan fingerprint density at radius 3 is 2.41 bits per heavy atom. The molecule has 1 atom stereocenters. The van der Waals surface area contributed by atoms with Gasteiger partial charge in [-0.15, -0.1) is 0 Å². The molecule has 0 spiro atoms. The summed E-state index contributed by atoms with van der Waals surface area (Å²) in [6, 6.07) is 5.26. The Labute approximate surface area is 99.3 Å². The van der Waals surface area contributed by atoms with Gasteiger partial charge in [0.05, 0.1) is 11.7 Å². The monoisotopic (exact) mass is 246 g/mol. The van der Waals surface area contributed by atoms with Gasteiger partial charge in [0.1, 0.15) is 0 Å². The predicted octanol–water partition coefficient (Wildman–Crippen LogP) is 3.65. The van der Waals surface area contributed by atoms with Gasteiger partial charge in [0.25, 0.3) is 0 Å². The van der Waals surface area contributed by atoms with Crippen LogP contribution in [0.5, 0.6) is 0 Å². The molecular formula is C13H17F3O. The average molecular weight is 246 g/mol. The van der Waals surface area contributed by atoms with Crippen LogP contribution in [-0.4, -0.2) is 11.2 Å². The summed E-state index contributed by atoms with van der Waals surface area (Å²) < 4.78 is 37.3. The molecule has 96 valence electrons. The molecule has 17 heavy (non-hydrogen) atoms. The van der Waals surface area contributed by atoms with E-state index in [0.29, 0.717) is 18.4 Å². The minimum atomic E-state index is -4.30. The second-order valence-corrected chi connectivity index (χ2v) is 4.55. The molecule has 1 aromatic carbocycles. The topological polar surface area (TPSA) is 20.2 Å². The fraction of sp³-hybridized carbons (Fsp3) is 0.538. The molecule has 0 saturated heterocycles. The number of alkyl halides is 3. The summed E-state index contributed by atoms with van der Waals surface area (Å²) in [5, 5.41) is 9.59. The second kappa shape index (κ2) is 5.54. The van der Waals surface area contributed by atoms with E-state index in [1.54, 1.807) is 6.07 Å². The van der Waals surface area contributed by atoms with E-state index >= 15 is 0 Å². The SMILES string of the molecule is CC(C)C(O)CCc1cccc(C(F)(F)F)c1. The Kier molecular flexibility index (Phi) is 4.57. The third kappa shape index (κ3) is 4.38. The summed E-state index contributed by atoms with van der Waals surface area (Å²) in [6.45, 7) is 3.77. The highest BCUT2D eigenvalue weighted by Crippen LogP contribution is 2.29. The predicted molar refractivity (Wildman–Crippen MR) is 60.6 cm³/mol. The zero-order valence-corrected chi connectivity index (χ0v) is 9.96. The van der Waals surface area contributed by atoms with Gasteiger partial charge in [0, 0.05) is 0 Å². The number of aliphatic hydroxyl groups is 1. The largest absolute Gasteiger partial charge is 0.416 e. The Morgan fingerprint density at radius 2 is 1.88 bits per heavy atom. The van der Waals surface area contributed by atoms with Crippen molar-refractivity contribution < 1.29 is 18.3 Å². The van der Waals surface area contributed by atoms with Gasteiger partial charge in [0.2, 0.25) is 0 Å². The first-order valence-corrected chi connectivity index (χ1v) is 5.65. The first kappa shape index (κ1) is 14.0. The molecule has 0 fully saturated rings. The summed E-state index contributed by atoms with van der Waals surface area (Å²) >= 11 is 0. The molecule has 1 nitrogen and oxygen atoms in total. The molecule has 1 rings (SSSR count). The maximum atomic E-state index is 12.4. The van der Waals surface area contributed by atoms with Gasteiger partial charge in [-0.3, -0.25) is 0 Å². The molecule has 1 aromatic rings. The van der Waals surface area contributed by atoms with Crippen LogP contribution in [0.2, 0.25) is 0 Å². The van der Waals surface area contributed by atoms with E-state index in [9.17, 15) is 18.3 Å². The lowest BCUT2D eigenvalue weighted by Crippen LogP contribution is -2.15. The number of benzene rings is 1. The van der Waals surface area contributed by atoms with E-state index < -0.39 is 17.8 Å². The van der Waals surface area contributed by atoms with Crippen molar-refractivity contribution in [2.45, 2.75) is 39.0 Å². The summed E-state index contributed by atoms with van der Waals surface area (Å²) in [7, 11) is 0. The van der Waals surface area contributed by atoms with Crippen molar-refractivity contribution in [1.82, 2.24) is 0 Å². The van der Waals surface area contributed by atoms with Crippen LogP contribution in [0.4, 0.5) is 13.2 Å². The number of hydrogen-bond donors (Lipinski definition) is 1. The number of aliphatic hydroxyl groups excluding tert-OH is 1. The van der Waals surface area contributed by atoms with Crippen molar-refractivity contribution in [2.75, 3.05) is 0 Å². The van der Waals surface area contributed by atoms with Crippen LogP contribution in [0.15, 0.2) is 24.3 Å². The highest BCUT2D eigenvalue weighted by Gasteiger charge is 2.30. The Hall–Kier alpha value is -1.03. The highest BCUT2D eigenvalue weighted by molar-refractivity contribution is 5.25. The van der Waals surface area contributed by atoms with Crippen molar-refractivity contribution in [1.29, 1.82) is 0 Å². The molecule has 0 heterocycles. The first-order valence-electron chi connectivity index (χ1n) is 5.65. The van der Waals surface area contributed by atoms with E-state index in [0.717, 1.165) is 12.1 Å². The minimum Gasteiger partial charge on any atom is -0.393 e. The van der Waals surface area contributed by atoms with Crippen molar-refractivity contribution in [2.24, 2.45) is 5.92 Å². The molecule has 0 aromatic heterocycles. The van der Waals surface area contributed by atoms with Crippen LogP contribution in [0.3, 0.4) is 0 Å². The first-order chi connectivity index (χ1) is 7.80. The normalized spacial score (nSPS) is 14.1. The van der Waals surface area contributed by atoms with Gasteiger partial charge in [-0.25, -0.2) is 0 Å². The number of aryl methyl sites for hydroxylation is 1. The quantitative estimate of drug-likeness (QED) is 0.859. The molecular weight excluding hydrogens is 229 g/mol. The lowest BCUT2D eigenvalue weighted by atomic mass is 9.98. The molecule has 0 aliphatic carbocycles. The maximum Gasteiger partial charge on any atom is 0.416 e. The summed E-state index contributed by atoms with van der Waals surface area (Å²) in [5.41, 5.74) is -0.0199. The van der Waals surface area contributed by atoms with E-state index in [1.807, 2.05) is 13.8 Å². The van der Waals surface area contributed by atoms with Crippen molar-refractivity contribution in [3.63, 3.8) is 0 Å². The smallest absolute Gasteiger partial charge is 0.393 e. The summed E-state index contributed by atoms with van der Waals surface area (Å²) in [6.07, 6.45) is -3.82. The standard InChI is InChI=1S/C13H17F3O/c1-9(2)12(17)7-6-10-4-3-5-11(8-10)13(14,15)16/h3-5,8-9,12,17H,6-7H2,1-2H3. The van der Waals surface area contributed by atoms with Crippen molar-refractivity contribution in [3.05, 3.63) is 35.4 Å². The highest BCUT2D eigenvalue weighted by atomic mass is 19.4. The van der Waals surface area contributed by atoms with Crippen LogP contribution in [0.25, 0.3) is 0 Å². The van der Waals surface area contributed by atoms with Gasteiger partial charge in [-0.2, -0.15) is 13.2 Å². The van der Waals surface area contributed by atoms with Crippen LogP contribution in [0, 0.1) is 5.92 Å². The third-order valence-electron chi connectivity index (χ3n) is 2.75. The number of hydrogen-bond acceptors (Lipinski definition) is 1. The van der Waals surface area contributed by atoms with Gasteiger partial charge < -0.3 is 5.11 Å². The van der Waals surface area contributed by atoms with Crippen LogP contribution >= 0.6 is 0 Å². The molecule has 0 aliphatic rings. The second-order valence-electron chi connectivity index (χ2n) is 4.55. The fourth-order valence-electron chi connectivity index (χ4n) is 1.55. The van der Waals surface area contributed by atoms with Gasteiger partial charge in [-0.1, -0.05) is 32.0 Å². The van der Waals surface area contributed by atoms with Crippen LogP contribution in [-0.2, 0) is 12.6 Å². The van der Waals surface area contributed by atoms with E-state index in [1.165, 1.54) is 6.07 Å². The Morgan fingerprint density at radius 1 is 1.24 bits per heavy atom.